The standard InChI is InChI=1S/C18H21N3O3S3/c1-11(2)17(18(22)19-10-13-5-4-8-25-13)21-27(23,24)14-6-7-15-16(9-14)26-12(3)20-15/h4-9,11,17,21H,10H2,1-3H3,(H,19,22)/t17-/m0/s1. The smallest absolute Gasteiger partial charge is 0.241 e. The van der Waals surface area contributed by atoms with Crippen molar-refractivity contribution in [1.29, 1.82) is 0 Å². The summed E-state index contributed by atoms with van der Waals surface area (Å²) in [4.78, 5) is 18.1. The molecular formula is C18H21N3O3S3. The molecule has 2 N–H and O–H groups in total. The van der Waals surface area contributed by atoms with E-state index >= 15 is 0 Å². The fraction of sp³-hybridized carbons (Fsp3) is 0.333. The van der Waals surface area contributed by atoms with Crippen LogP contribution in [-0.4, -0.2) is 25.4 Å². The Hall–Kier alpha value is -1.81. The first kappa shape index (κ1) is 19.9. The highest BCUT2D eigenvalue weighted by atomic mass is 32.2. The van der Waals surface area contributed by atoms with E-state index < -0.39 is 16.1 Å². The molecule has 1 atom stereocenters. The van der Waals surface area contributed by atoms with Crippen LogP contribution in [0.2, 0.25) is 0 Å². The van der Waals surface area contributed by atoms with Gasteiger partial charge in [-0.05, 0) is 42.5 Å². The molecule has 0 bridgehead atoms. The SMILES string of the molecule is Cc1nc2ccc(S(=O)(=O)N[C@H](C(=O)NCc3cccs3)C(C)C)cc2s1. The Morgan fingerprint density at radius 3 is 2.70 bits per heavy atom. The van der Waals surface area contributed by atoms with E-state index in [0.717, 1.165) is 20.1 Å². The Bertz CT molecular complexity index is 1040. The topological polar surface area (TPSA) is 88.2 Å². The fourth-order valence-electron chi connectivity index (χ4n) is 2.61. The summed E-state index contributed by atoms with van der Waals surface area (Å²) in [5, 5.41) is 5.62. The predicted molar refractivity (Wildman–Crippen MR) is 109 cm³/mol. The number of aryl methyl sites for hydroxylation is 1. The van der Waals surface area contributed by atoms with Crippen molar-refractivity contribution in [3.05, 3.63) is 45.6 Å². The third kappa shape index (κ3) is 4.73. The maximum absolute atomic E-state index is 12.8. The second kappa shape index (κ2) is 8.05. The van der Waals surface area contributed by atoms with Crippen LogP contribution in [-0.2, 0) is 21.4 Å². The number of hydrogen-bond donors (Lipinski definition) is 2. The molecule has 3 aromatic rings. The van der Waals surface area contributed by atoms with Gasteiger partial charge in [-0.25, -0.2) is 13.4 Å². The normalized spacial score (nSPS) is 13.2. The molecule has 0 aliphatic rings. The maximum Gasteiger partial charge on any atom is 0.241 e. The van der Waals surface area contributed by atoms with Crippen LogP contribution in [0.15, 0.2) is 40.6 Å². The van der Waals surface area contributed by atoms with Crippen molar-refractivity contribution in [1.82, 2.24) is 15.0 Å². The van der Waals surface area contributed by atoms with Crippen LogP contribution in [0.25, 0.3) is 10.2 Å². The quantitative estimate of drug-likeness (QED) is 0.610. The number of amides is 1. The number of thiazole rings is 1. The average Bonchev–Trinajstić information content (AvgIpc) is 3.24. The third-order valence-electron chi connectivity index (χ3n) is 4.03. The van der Waals surface area contributed by atoms with Crippen molar-refractivity contribution >= 4 is 48.8 Å². The predicted octanol–water partition coefficient (Wildman–Crippen LogP) is 3.29. The Morgan fingerprint density at radius 1 is 1.26 bits per heavy atom. The number of nitrogens with zero attached hydrogens (tertiary/aromatic N) is 1. The van der Waals surface area contributed by atoms with E-state index in [9.17, 15) is 13.2 Å². The van der Waals surface area contributed by atoms with Crippen LogP contribution >= 0.6 is 22.7 Å². The van der Waals surface area contributed by atoms with Gasteiger partial charge in [0.15, 0.2) is 0 Å². The average molecular weight is 424 g/mol. The summed E-state index contributed by atoms with van der Waals surface area (Å²) in [6.45, 7) is 5.89. The number of hydrogen-bond acceptors (Lipinski definition) is 6. The van der Waals surface area contributed by atoms with Crippen LogP contribution in [0.1, 0.15) is 23.7 Å². The molecule has 0 radical (unpaired) electrons. The van der Waals surface area contributed by atoms with Crippen molar-refractivity contribution in [2.75, 3.05) is 0 Å². The molecule has 0 aliphatic heterocycles. The zero-order valence-electron chi connectivity index (χ0n) is 15.2. The monoisotopic (exact) mass is 423 g/mol. The number of nitrogens with one attached hydrogen (secondary N) is 2. The van der Waals surface area contributed by atoms with Gasteiger partial charge in [0.2, 0.25) is 15.9 Å². The Labute approximate surface area is 166 Å². The fourth-order valence-corrected chi connectivity index (χ4v) is 5.57. The van der Waals surface area contributed by atoms with E-state index in [0.29, 0.717) is 6.54 Å². The van der Waals surface area contributed by atoms with Crippen molar-refractivity contribution < 1.29 is 13.2 Å². The lowest BCUT2D eigenvalue weighted by atomic mass is 10.1. The summed E-state index contributed by atoms with van der Waals surface area (Å²) >= 11 is 2.98. The molecule has 0 aliphatic carbocycles. The highest BCUT2D eigenvalue weighted by Crippen LogP contribution is 2.25. The molecule has 0 saturated heterocycles. The van der Waals surface area contributed by atoms with Gasteiger partial charge in [-0.3, -0.25) is 4.79 Å². The van der Waals surface area contributed by atoms with E-state index in [1.54, 1.807) is 12.1 Å². The number of thiophene rings is 1. The first-order valence-electron chi connectivity index (χ1n) is 8.46. The van der Waals surface area contributed by atoms with Gasteiger partial charge in [0, 0.05) is 4.88 Å². The maximum atomic E-state index is 12.8. The molecule has 0 spiro atoms. The van der Waals surface area contributed by atoms with Crippen LogP contribution in [0.3, 0.4) is 0 Å². The first-order valence-corrected chi connectivity index (χ1v) is 11.6. The molecule has 1 amide bonds. The Kier molecular flexibility index (Phi) is 5.95. The number of rotatable bonds is 7. The second-order valence-electron chi connectivity index (χ2n) is 6.50. The van der Waals surface area contributed by atoms with Gasteiger partial charge in [-0.1, -0.05) is 19.9 Å². The summed E-state index contributed by atoms with van der Waals surface area (Å²) in [5.74, 6) is -0.533. The van der Waals surface area contributed by atoms with Crippen molar-refractivity contribution in [2.24, 2.45) is 5.92 Å². The molecular weight excluding hydrogens is 402 g/mol. The zero-order chi connectivity index (χ0) is 19.6. The minimum absolute atomic E-state index is 0.135. The highest BCUT2D eigenvalue weighted by Gasteiger charge is 2.28. The van der Waals surface area contributed by atoms with Crippen LogP contribution in [0, 0.1) is 12.8 Å². The number of aromatic nitrogens is 1. The summed E-state index contributed by atoms with van der Waals surface area (Å²) in [7, 11) is -3.83. The zero-order valence-corrected chi connectivity index (χ0v) is 17.7. The number of benzene rings is 1. The second-order valence-corrected chi connectivity index (χ2v) is 10.5. The summed E-state index contributed by atoms with van der Waals surface area (Å²) in [6, 6.07) is 7.79. The number of fused-ring (bicyclic) bond motifs is 1. The summed E-state index contributed by atoms with van der Waals surface area (Å²) in [5.41, 5.74) is 0.769. The van der Waals surface area contributed by atoms with Crippen LogP contribution in [0.5, 0.6) is 0 Å². The molecule has 0 unspecified atom stereocenters. The summed E-state index contributed by atoms with van der Waals surface area (Å²) < 4.78 is 29.0. The molecule has 27 heavy (non-hydrogen) atoms. The molecule has 2 heterocycles. The van der Waals surface area contributed by atoms with E-state index in [1.165, 1.54) is 28.7 Å². The van der Waals surface area contributed by atoms with Gasteiger partial charge in [0.25, 0.3) is 0 Å². The van der Waals surface area contributed by atoms with Gasteiger partial charge in [0.1, 0.15) is 6.04 Å². The van der Waals surface area contributed by atoms with Gasteiger partial charge in [0.05, 0.1) is 26.7 Å². The van der Waals surface area contributed by atoms with Gasteiger partial charge in [-0.15, -0.1) is 22.7 Å². The third-order valence-corrected chi connectivity index (χ3v) is 7.27. The highest BCUT2D eigenvalue weighted by molar-refractivity contribution is 7.89. The molecule has 1 aromatic carbocycles. The molecule has 0 fully saturated rings. The Morgan fingerprint density at radius 2 is 2.04 bits per heavy atom. The van der Waals surface area contributed by atoms with E-state index in [2.05, 4.69) is 15.0 Å². The number of carbonyl (C=O) groups excluding carboxylic acids is 1. The number of carbonyl (C=O) groups is 1. The molecule has 2 aromatic heterocycles. The number of sulfonamides is 1. The summed E-state index contributed by atoms with van der Waals surface area (Å²) in [6.07, 6.45) is 0. The lowest BCUT2D eigenvalue weighted by Gasteiger charge is -2.21. The lowest BCUT2D eigenvalue weighted by Crippen LogP contribution is -2.49. The van der Waals surface area contributed by atoms with Crippen molar-refractivity contribution in [3.8, 4) is 0 Å². The molecule has 3 rings (SSSR count). The minimum Gasteiger partial charge on any atom is -0.350 e. The Balaban J connectivity index is 1.77. The molecule has 9 heteroatoms. The van der Waals surface area contributed by atoms with Gasteiger partial charge in [-0.2, -0.15) is 4.72 Å². The first-order chi connectivity index (χ1) is 12.8. The molecule has 144 valence electrons. The van der Waals surface area contributed by atoms with E-state index in [-0.39, 0.29) is 16.7 Å². The van der Waals surface area contributed by atoms with Crippen LogP contribution < -0.4 is 10.0 Å². The van der Waals surface area contributed by atoms with E-state index in [1.807, 2.05) is 38.3 Å². The van der Waals surface area contributed by atoms with Gasteiger partial charge >= 0.3 is 0 Å². The van der Waals surface area contributed by atoms with Crippen molar-refractivity contribution in [2.45, 2.75) is 38.3 Å². The largest absolute Gasteiger partial charge is 0.350 e. The lowest BCUT2D eigenvalue weighted by molar-refractivity contribution is -0.123. The van der Waals surface area contributed by atoms with Crippen LogP contribution in [0.4, 0.5) is 0 Å². The minimum atomic E-state index is -3.83. The molecule has 6 nitrogen and oxygen atoms in total. The van der Waals surface area contributed by atoms with Gasteiger partial charge < -0.3 is 5.32 Å². The van der Waals surface area contributed by atoms with E-state index in [4.69, 9.17) is 0 Å². The van der Waals surface area contributed by atoms with Crippen molar-refractivity contribution in [3.63, 3.8) is 0 Å². The molecule has 0 saturated carbocycles.